The molecular weight excluding hydrogens is 356 g/mol. The molecule has 146 valence electrons. The Morgan fingerprint density at radius 1 is 1.25 bits per heavy atom. The normalized spacial score (nSPS) is 24.2. The third kappa shape index (κ3) is 2.52. The first kappa shape index (κ1) is 17.3. The number of nitrogens with one attached hydrogen (secondary N) is 2. The summed E-state index contributed by atoms with van der Waals surface area (Å²) in [7, 11) is 2.05. The number of para-hydroxylation sites is 1. The van der Waals surface area contributed by atoms with Crippen LogP contribution in [0.5, 0.6) is 0 Å². The van der Waals surface area contributed by atoms with Crippen LogP contribution in [0.1, 0.15) is 36.9 Å². The Hall–Kier alpha value is -2.83. The van der Waals surface area contributed by atoms with E-state index in [0.29, 0.717) is 19.5 Å². The van der Waals surface area contributed by atoms with Gasteiger partial charge in [-0.1, -0.05) is 18.2 Å². The van der Waals surface area contributed by atoms with Crippen LogP contribution in [0.2, 0.25) is 0 Å². The Morgan fingerprint density at radius 3 is 2.75 bits per heavy atom. The van der Waals surface area contributed by atoms with Crippen molar-refractivity contribution in [2.45, 2.75) is 44.2 Å². The van der Waals surface area contributed by atoms with Gasteiger partial charge in [0.15, 0.2) is 0 Å². The fourth-order valence-electron chi connectivity index (χ4n) is 4.94. The van der Waals surface area contributed by atoms with E-state index in [9.17, 15) is 14.4 Å². The average molecular weight is 380 g/mol. The summed E-state index contributed by atoms with van der Waals surface area (Å²) < 4.78 is 2.18. The molecule has 7 heteroatoms. The zero-order valence-electron chi connectivity index (χ0n) is 16.0. The summed E-state index contributed by atoms with van der Waals surface area (Å²) in [6, 6.07) is 7.91. The summed E-state index contributed by atoms with van der Waals surface area (Å²) in [6.07, 6.45) is 3.32. The third-order valence-corrected chi connectivity index (χ3v) is 6.65. The number of amides is 4. The van der Waals surface area contributed by atoms with Crippen LogP contribution in [0.25, 0.3) is 10.9 Å². The number of benzene rings is 1. The molecule has 1 atom stereocenters. The number of nitrogens with zero attached hydrogens (tertiary/aromatic N) is 2. The fourth-order valence-corrected chi connectivity index (χ4v) is 4.94. The molecule has 3 aliphatic rings. The van der Waals surface area contributed by atoms with Gasteiger partial charge in [-0.25, -0.2) is 4.79 Å². The summed E-state index contributed by atoms with van der Waals surface area (Å²) >= 11 is 0. The highest BCUT2D eigenvalue weighted by molar-refractivity contribution is 6.07. The largest absolute Gasteiger partial charge is 0.346 e. The number of fused-ring (bicyclic) bond motifs is 3. The van der Waals surface area contributed by atoms with Crippen molar-refractivity contribution in [1.29, 1.82) is 0 Å². The molecule has 0 radical (unpaired) electrons. The van der Waals surface area contributed by atoms with Crippen molar-refractivity contribution in [2.75, 3.05) is 6.54 Å². The second kappa shape index (κ2) is 6.09. The minimum atomic E-state index is -0.895. The number of aryl methyl sites for hydroxylation is 1. The van der Waals surface area contributed by atoms with Gasteiger partial charge in [0.25, 0.3) is 5.91 Å². The lowest BCUT2D eigenvalue weighted by atomic mass is 9.87. The molecular formula is C21H24N4O3. The third-order valence-electron chi connectivity index (χ3n) is 6.65. The van der Waals surface area contributed by atoms with E-state index in [4.69, 9.17) is 0 Å². The lowest BCUT2D eigenvalue weighted by molar-refractivity contribution is -0.133. The van der Waals surface area contributed by atoms with Gasteiger partial charge in [0, 0.05) is 36.6 Å². The van der Waals surface area contributed by atoms with Crippen LogP contribution in [0.15, 0.2) is 24.3 Å². The van der Waals surface area contributed by atoms with E-state index in [0.717, 1.165) is 19.3 Å². The monoisotopic (exact) mass is 380 g/mol. The Balaban J connectivity index is 1.32. The first-order chi connectivity index (χ1) is 13.5. The smallest absolute Gasteiger partial charge is 0.322 e. The number of hydrogen-bond acceptors (Lipinski definition) is 3. The molecule has 4 amide bonds. The van der Waals surface area contributed by atoms with Gasteiger partial charge in [0.05, 0.1) is 6.54 Å². The molecule has 1 aromatic carbocycles. The van der Waals surface area contributed by atoms with Gasteiger partial charge in [0.2, 0.25) is 5.91 Å². The molecule has 28 heavy (non-hydrogen) atoms. The minimum Gasteiger partial charge on any atom is -0.346 e. The zero-order valence-corrected chi connectivity index (χ0v) is 16.0. The molecule has 0 spiro atoms. The van der Waals surface area contributed by atoms with Gasteiger partial charge in [-0.15, -0.1) is 0 Å². The van der Waals surface area contributed by atoms with Crippen molar-refractivity contribution in [3.63, 3.8) is 0 Å². The Labute approximate surface area is 163 Å². The lowest BCUT2D eigenvalue weighted by Gasteiger charge is -2.30. The quantitative estimate of drug-likeness (QED) is 0.794. The Kier molecular flexibility index (Phi) is 3.76. The number of imide groups is 1. The maximum absolute atomic E-state index is 12.9. The predicted molar refractivity (Wildman–Crippen MR) is 103 cm³/mol. The van der Waals surface area contributed by atoms with Crippen LogP contribution >= 0.6 is 0 Å². The van der Waals surface area contributed by atoms with Crippen molar-refractivity contribution in [1.82, 2.24) is 20.1 Å². The number of carbonyl (C=O) groups is 3. The topological polar surface area (TPSA) is 83.4 Å². The maximum atomic E-state index is 12.9. The van der Waals surface area contributed by atoms with E-state index >= 15 is 0 Å². The van der Waals surface area contributed by atoms with Crippen molar-refractivity contribution in [3.8, 4) is 0 Å². The highest BCUT2D eigenvalue weighted by Crippen LogP contribution is 2.44. The molecule has 7 nitrogen and oxygen atoms in total. The lowest BCUT2D eigenvalue weighted by Crippen LogP contribution is -2.50. The molecule has 2 aromatic rings. The molecule has 2 aliphatic heterocycles. The number of carbonyl (C=O) groups excluding carboxylic acids is 3. The summed E-state index contributed by atoms with van der Waals surface area (Å²) in [4.78, 5) is 38.9. The van der Waals surface area contributed by atoms with Gasteiger partial charge in [-0.05, 0) is 43.2 Å². The average Bonchev–Trinajstić information content (AvgIpc) is 3.46. The van der Waals surface area contributed by atoms with Gasteiger partial charge in [0.1, 0.15) is 5.54 Å². The van der Waals surface area contributed by atoms with Gasteiger partial charge in [-0.2, -0.15) is 0 Å². The standard InChI is InChI=1S/C21H24N4O3/c1-24-16-5-3-2-4-14(16)15-9-11-25(12-17(15)24)18(26)8-10-21(13-6-7-13)19(27)22-20(28)23-21/h2-5,13H,6-12H2,1H3,(H2,22,23,27,28)/t21-/m0/s1. The van der Waals surface area contributed by atoms with E-state index < -0.39 is 11.6 Å². The highest BCUT2D eigenvalue weighted by Gasteiger charge is 2.55. The van der Waals surface area contributed by atoms with Crippen LogP contribution in [0, 0.1) is 5.92 Å². The molecule has 1 saturated carbocycles. The van der Waals surface area contributed by atoms with E-state index in [1.165, 1.54) is 22.2 Å². The SMILES string of the molecule is Cn1c2c(c3ccccc31)CCN(C(=O)CC[C@@]1(C3CC3)NC(=O)NC1=O)C2. The first-order valence-corrected chi connectivity index (χ1v) is 9.96. The maximum Gasteiger partial charge on any atom is 0.322 e. The van der Waals surface area contributed by atoms with E-state index in [1.54, 1.807) is 0 Å². The van der Waals surface area contributed by atoms with E-state index in [2.05, 4.69) is 40.4 Å². The van der Waals surface area contributed by atoms with Crippen LogP contribution in [-0.4, -0.2) is 39.4 Å². The molecule has 0 bridgehead atoms. The predicted octanol–water partition coefficient (Wildman–Crippen LogP) is 1.83. The van der Waals surface area contributed by atoms with Crippen LogP contribution in [0.3, 0.4) is 0 Å². The van der Waals surface area contributed by atoms with Crippen molar-refractivity contribution >= 4 is 28.7 Å². The number of urea groups is 1. The summed E-state index contributed by atoms with van der Waals surface area (Å²) in [6.45, 7) is 1.28. The minimum absolute atomic E-state index is 0.0462. The van der Waals surface area contributed by atoms with Crippen LogP contribution in [-0.2, 0) is 29.6 Å². The number of aromatic nitrogens is 1. The first-order valence-electron chi connectivity index (χ1n) is 9.96. The summed E-state index contributed by atoms with van der Waals surface area (Å²) in [5, 5.41) is 6.42. The zero-order chi connectivity index (χ0) is 19.5. The second-order valence-corrected chi connectivity index (χ2v) is 8.22. The number of hydrogen-bond donors (Lipinski definition) is 2. The van der Waals surface area contributed by atoms with Gasteiger partial charge in [-0.3, -0.25) is 14.9 Å². The molecule has 2 N–H and O–H groups in total. The molecule has 5 rings (SSSR count). The molecule has 0 unspecified atom stereocenters. The van der Waals surface area contributed by atoms with Crippen LogP contribution < -0.4 is 10.6 Å². The molecule has 3 heterocycles. The molecule has 1 saturated heterocycles. The van der Waals surface area contributed by atoms with E-state index in [1.807, 2.05) is 11.0 Å². The van der Waals surface area contributed by atoms with Gasteiger partial charge >= 0.3 is 6.03 Å². The Bertz CT molecular complexity index is 1010. The number of rotatable bonds is 4. The van der Waals surface area contributed by atoms with Gasteiger partial charge < -0.3 is 14.8 Å². The fraction of sp³-hybridized carbons (Fsp3) is 0.476. The summed E-state index contributed by atoms with van der Waals surface area (Å²) in [5.41, 5.74) is 2.82. The van der Waals surface area contributed by atoms with Crippen LogP contribution in [0.4, 0.5) is 4.79 Å². The second-order valence-electron chi connectivity index (χ2n) is 8.22. The Morgan fingerprint density at radius 2 is 2.04 bits per heavy atom. The van der Waals surface area contributed by atoms with Crippen molar-refractivity contribution in [3.05, 3.63) is 35.5 Å². The molecule has 1 aliphatic carbocycles. The van der Waals surface area contributed by atoms with Crippen molar-refractivity contribution in [2.24, 2.45) is 13.0 Å². The molecule has 1 aromatic heterocycles. The summed E-state index contributed by atoms with van der Waals surface area (Å²) in [5.74, 6) is -0.0785. The highest BCUT2D eigenvalue weighted by atomic mass is 16.2. The molecule has 2 fully saturated rings. The van der Waals surface area contributed by atoms with E-state index in [-0.39, 0.29) is 24.2 Å². The van der Waals surface area contributed by atoms with Crippen molar-refractivity contribution < 1.29 is 14.4 Å².